The van der Waals surface area contributed by atoms with Crippen molar-refractivity contribution in [2.24, 2.45) is 11.8 Å². The van der Waals surface area contributed by atoms with Gasteiger partial charge in [-0.15, -0.1) is 0 Å². The van der Waals surface area contributed by atoms with Gasteiger partial charge in [0.15, 0.2) is 36.4 Å². The zero-order chi connectivity index (χ0) is 25.2. The molecule has 5 aliphatic rings. The van der Waals surface area contributed by atoms with Gasteiger partial charge in [0.25, 0.3) is 0 Å². The number of ketones is 2. The molecule has 188 valence electrons. The summed E-state index contributed by atoms with van der Waals surface area (Å²) in [5.74, 6) is 0.163. The van der Waals surface area contributed by atoms with Gasteiger partial charge in [0.2, 0.25) is 0 Å². The number of hydrogen-bond donors (Lipinski definition) is 0. The number of carbonyl (C=O) groups excluding carboxylic acids is 2. The minimum Gasteiger partial charge on any atom is -0.477 e. The van der Waals surface area contributed by atoms with Crippen LogP contribution in [-0.4, -0.2) is 56.2 Å². The van der Waals surface area contributed by atoms with Crippen LogP contribution in [0.3, 0.4) is 0 Å². The highest BCUT2D eigenvalue weighted by molar-refractivity contribution is 6.18. The van der Waals surface area contributed by atoms with Crippen LogP contribution in [0, 0.1) is 11.8 Å². The highest BCUT2D eigenvalue weighted by Crippen LogP contribution is 2.67. The summed E-state index contributed by atoms with van der Waals surface area (Å²) < 4.78 is 35.1. The number of benzene rings is 1. The molecule has 2 aliphatic heterocycles. The van der Waals surface area contributed by atoms with Crippen LogP contribution in [0.25, 0.3) is 0 Å². The number of methoxy groups -OCH3 is 2. The molecule has 0 N–H and O–H groups in total. The first-order chi connectivity index (χ1) is 16.6. The van der Waals surface area contributed by atoms with Gasteiger partial charge in [-0.1, -0.05) is 17.7 Å². The lowest BCUT2D eigenvalue weighted by Crippen LogP contribution is -2.72. The maximum Gasteiger partial charge on any atom is 0.200 e. The Hall–Kier alpha value is -2.68. The number of carbonyl (C=O) groups is 2. The van der Waals surface area contributed by atoms with Crippen LogP contribution in [0.15, 0.2) is 35.4 Å². The van der Waals surface area contributed by atoms with Crippen molar-refractivity contribution in [3.63, 3.8) is 0 Å². The van der Waals surface area contributed by atoms with E-state index < -0.39 is 22.7 Å². The van der Waals surface area contributed by atoms with Crippen LogP contribution in [0.5, 0.6) is 17.2 Å². The first-order valence-electron chi connectivity index (χ1n) is 11.9. The molecule has 6 rings (SSSR count). The van der Waals surface area contributed by atoms with Gasteiger partial charge in [0.05, 0.1) is 5.60 Å². The molecule has 1 spiro atoms. The normalized spacial score (nSPS) is 31.3. The SMILES string of the molecule is COCOc1cc(OCOC)c2c(c1)O[C@]13C(=CC4C[C@H]1C(C)(C)OC3(CC=C(C)C)C4=O)C2=O. The van der Waals surface area contributed by atoms with E-state index in [0.717, 1.165) is 5.57 Å². The molecule has 3 aliphatic carbocycles. The predicted octanol–water partition coefficient (Wildman–Crippen LogP) is 4.02. The standard InChI is InChI=1S/C27H32O8/c1-15(2)7-8-26-24(29)16-9-18-23(28)22-19(33-14-31-6)11-17(32-13-30-5)12-20(22)34-27(18,26)21(10-16)25(3,4)35-26/h7,9,11-12,16,21H,8,10,13-14H2,1-6H3/t16?,21-,26?,27+/m0/s1. The predicted molar refractivity (Wildman–Crippen MR) is 126 cm³/mol. The fraction of sp³-hybridized carbons (Fsp3) is 0.556. The molecule has 2 heterocycles. The quantitative estimate of drug-likeness (QED) is 0.404. The third-order valence-electron chi connectivity index (χ3n) is 7.62. The van der Waals surface area contributed by atoms with Gasteiger partial charge in [0, 0.05) is 50.2 Å². The second-order valence-electron chi connectivity index (χ2n) is 10.4. The third-order valence-corrected chi connectivity index (χ3v) is 7.62. The zero-order valence-corrected chi connectivity index (χ0v) is 21.1. The summed E-state index contributed by atoms with van der Waals surface area (Å²) in [6, 6.07) is 3.28. The summed E-state index contributed by atoms with van der Waals surface area (Å²) in [6.07, 6.45) is 4.70. The molecule has 1 saturated heterocycles. The maximum absolute atomic E-state index is 14.1. The Labute approximate surface area is 205 Å². The second kappa shape index (κ2) is 8.18. The van der Waals surface area contributed by atoms with Gasteiger partial charge >= 0.3 is 0 Å². The van der Waals surface area contributed by atoms with Crippen LogP contribution < -0.4 is 14.2 Å². The van der Waals surface area contributed by atoms with Crippen molar-refractivity contribution >= 4 is 11.6 Å². The monoisotopic (exact) mass is 484 g/mol. The molecule has 8 nitrogen and oxygen atoms in total. The van der Waals surface area contributed by atoms with Crippen LogP contribution in [0.1, 0.15) is 50.9 Å². The smallest absolute Gasteiger partial charge is 0.200 e. The van der Waals surface area contributed by atoms with E-state index in [1.807, 2.05) is 33.8 Å². The summed E-state index contributed by atoms with van der Waals surface area (Å²) in [7, 11) is 3.02. The molecule has 0 radical (unpaired) electrons. The van der Waals surface area contributed by atoms with Crippen LogP contribution in [-0.2, 0) is 19.0 Å². The average molecular weight is 485 g/mol. The number of allylic oxidation sites excluding steroid dienone is 2. The number of hydrogen-bond acceptors (Lipinski definition) is 8. The minimum atomic E-state index is -1.30. The molecular weight excluding hydrogens is 452 g/mol. The number of fused-ring (bicyclic) bond motifs is 1. The molecule has 0 amide bonds. The summed E-state index contributed by atoms with van der Waals surface area (Å²) in [5, 5.41) is 0. The molecule has 1 saturated carbocycles. The van der Waals surface area contributed by atoms with Crippen molar-refractivity contribution in [3.8, 4) is 17.2 Å². The minimum absolute atomic E-state index is 0.0101. The molecule has 4 bridgehead atoms. The van der Waals surface area contributed by atoms with Gasteiger partial charge in [-0.25, -0.2) is 0 Å². The van der Waals surface area contributed by atoms with E-state index in [4.69, 9.17) is 28.4 Å². The second-order valence-corrected chi connectivity index (χ2v) is 10.4. The van der Waals surface area contributed by atoms with Crippen LogP contribution in [0.2, 0.25) is 0 Å². The molecule has 2 fully saturated rings. The molecule has 0 aromatic heterocycles. The van der Waals surface area contributed by atoms with Gasteiger partial charge in [-0.05, 0) is 34.1 Å². The maximum atomic E-state index is 14.1. The molecule has 1 aromatic rings. The Kier molecular flexibility index (Phi) is 5.62. The molecule has 1 aromatic carbocycles. The average Bonchev–Trinajstić information content (AvgIpc) is 2.96. The van der Waals surface area contributed by atoms with Crippen molar-refractivity contribution in [2.75, 3.05) is 27.8 Å². The van der Waals surface area contributed by atoms with Crippen molar-refractivity contribution in [3.05, 3.63) is 41.0 Å². The van der Waals surface area contributed by atoms with Crippen molar-refractivity contribution < 1.29 is 38.0 Å². The van der Waals surface area contributed by atoms with Crippen LogP contribution in [0.4, 0.5) is 0 Å². The van der Waals surface area contributed by atoms with Gasteiger partial charge in [-0.2, -0.15) is 0 Å². The lowest BCUT2D eigenvalue weighted by molar-refractivity contribution is -0.171. The van der Waals surface area contributed by atoms with Crippen molar-refractivity contribution in [2.45, 2.75) is 57.3 Å². The van der Waals surface area contributed by atoms with E-state index in [1.54, 1.807) is 18.2 Å². The molecule has 35 heavy (non-hydrogen) atoms. The lowest BCUT2D eigenvalue weighted by atomic mass is 9.51. The van der Waals surface area contributed by atoms with Gasteiger partial charge in [-0.3, -0.25) is 9.59 Å². The fourth-order valence-corrected chi connectivity index (χ4v) is 6.30. The number of rotatable bonds is 8. The number of ether oxygens (including phenoxy) is 6. The van der Waals surface area contributed by atoms with Gasteiger partial charge < -0.3 is 28.4 Å². The Bertz CT molecular complexity index is 1140. The van der Waals surface area contributed by atoms with Crippen molar-refractivity contribution in [1.29, 1.82) is 0 Å². The largest absolute Gasteiger partial charge is 0.477 e. The Balaban J connectivity index is 1.73. The summed E-state index contributed by atoms with van der Waals surface area (Å²) in [5.41, 5.74) is -1.37. The van der Waals surface area contributed by atoms with E-state index >= 15 is 0 Å². The zero-order valence-electron chi connectivity index (χ0n) is 21.1. The number of Topliss-reactive ketones (excluding diaryl/α,β-unsaturated/α-hetero) is 2. The fourth-order valence-electron chi connectivity index (χ4n) is 6.30. The first-order valence-corrected chi connectivity index (χ1v) is 11.9. The van der Waals surface area contributed by atoms with E-state index in [2.05, 4.69) is 0 Å². The Morgan fingerprint density at radius 3 is 2.51 bits per heavy atom. The summed E-state index contributed by atoms with van der Waals surface area (Å²) >= 11 is 0. The Morgan fingerprint density at radius 2 is 1.83 bits per heavy atom. The molecule has 4 atom stereocenters. The van der Waals surface area contributed by atoms with Gasteiger partial charge in [0.1, 0.15) is 22.8 Å². The van der Waals surface area contributed by atoms with E-state index in [9.17, 15) is 9.59 Å². The van der Waals surface area contributed by atoms with E-state index in [0.29, 0.717) is 35.5 Å². The molecular formula is C27H32O8. The topological polar surface area (TPSA) is 89.5 Å². The van der Waals surface area contributed by atoms with Crippen molar-refractivity contribution in [1.82, 2.24) is 0 Å². The highest BCUT2D eigenvalue weighted by Gasteiger charge is 2.81. The lowest BCUT2D eigenvalue weighted by Gasteiger charge is -2.56. The van der Waals surface area contributed by atoms with E-state index in [1.165, 1.54) is 14.2 Å². The van der Waals surface area contributed by atoms with Crippen LogP contribution >= 0.6 is 0 Å². The summed E-state index contributed by atoms with van der Waals surface area (Å²) in [4.78, 5) is 28.0. The Morgan fingerprint density at radius 1 is 1.11 bits per heavy atom. The first kappa shape index (κ1) is 24.0. The molecule has 8 heteroatoms. The molecule has 2 unspecified atom stereocenters. The highest BCUT2D eigenvalue weighted by atomic mass is 16.7. The van der Waals surface area contributed by atoms with E-state index in [-0.39, 0.29) is 36.8 Å². The third kappa shape index (κ3) is 3.23. The summed E-state index contributed by atoms with van der Waals surface area (Å²) in [6.45, 7) is 7.89.